The molecule has 1 atom stereocenters. The van der Waals surface area contributed by atoms with Gasteiger partial charge < -0.3 is 29.6 Å². The summed E-state index contributed by atoms with van der Waals surface area (Å²) >= 11 is 1.09. The Labute approximate surface area is 238 Å². The van der Waals surface area contributed by atoms with E-state index in [4.69, 9.17) is 18.9 Å². The van der Waals surface area contributed by atoms with Crippen molar-refractivity contribution < 1.29 is 32.9 Å². The number of nitrogens with one attached hydrogen (secondary N) is 2. The maximum atomic E-state index is 14.9. The van der Waals surface area contributed by atoms with Crippen molar-refractivity contribution in [2.24, 2.45) is 0 Å². The van der Waals surface area contributed by atoms with Crippen molar-refractivity contribution in [1.82, 2.24) is 9.97 Å². The van der Waals surface area contributed by atoms with Crippen molar-refractivity contribution in [3.63, 3.8) is 0 Å². The molecule has 1 unspecified atom stereocenters. The molecule has 2 N–H and O–H groups in total. The number of aromatic nitrogens is 2. The maximum Gasteiger partial charge on any atom is 0.332 e. The number of nitrogens with zero attached hydrogens (tertiary/aromatic N) is 3. The number of hydrogen-bond donors (Lipinski definition) is 2. The topological polar surface area (TPSA) is 124 Å². The van der Waals surface area contributed by atoms with Crippen molar-refractivity contribution in [2.75, 3.05) is 43.0 Å². The number of hydrogen-bond acceptors (Lipinski definition) is 9. The molecule has 13 heteroatoms. The van der Waals surface area contributed by atoms with Crippen LogP contribution in [-0.2, 0) is 4.74 Å². The highest BCUT2D eigenvalue weighted by Crippen LogP contribution is 2.45. The van der Waals surface area contributed by atoms with Gasteiger partial charge in [0.15, 0.2) is 23.1 Å². The largest absolute Gasteiger partial charge is 0.497 e. The van der Waals surface area contributed by atoms with E-state index in [9.17, 15) is 14.0 Å². The number of anilines is 4. The van der Waals surface area contributed by atoms with Crippen LogP contribution >= 0.6 is 11.3 Å². The van der Waals surface area contributed by atoms with Gasteiger partial charge >= 0.3 is 6.03 Å². The number of rotatable bonds is 8. The summed E-state index contributed by atoms with van der Waals surface area (Å²) in [6.07, 6.45) is 4.43. The first-order chi connectivity index (χ1) is 20.0. The molecule has 6 rings (SSSR count). The predicted octanol–water partition coefficient (Wildman–Crippen LogP) is 5.73. The van der Waals surface area contributed by atoms with E-state index in [-0.39, 0.29) is 28.2 Å². The van der Waals surface area contributed by atoms with Gasteiger partial charge in [-0.05, 0) is 43.5 Å². The maximum absolute atomic E-state index is 14.9. The van der Waals surface area contributed by atoms with Gasteiger partial charge in [-0.2, -0.15) is 0 Å². The van der Waals surface area contributed by atoms with Gasteiger partial charge in [-0.25, -0.2) is 24.1 Å². The number of thiophene rings is 1. The summed E-state index contributed by atoms with van der Waals surface area (Å²) in [5.74, 6) is 0.323. The first kappa shape index (κ1) is 26.7. The first-order valence-corrected chi connectivity index (χ1v) is 13.7. The van der Waals surface area contributed by atoms with Crippen molar-refractivity contribution in [3.05, 3.63) is 53.4 Å². The number of carbonyl (C=O) groups is 2. The normalized spacial score (nSPS) is 16.3. The lowest BCUT2D eigenvalue weighted by molar-refractivity contribution is -0.0114. The van der Waals surface area contributed by atoms with Crippen LogP contribution in [0.5, 0.6) is 17.2 Å². The van der Waals surface area contributed by atoms with E-state index in [1.54, 1.807) is 24.3 Å². The Bertz CT molecular complexity index is 1640. The second kappa shape index (κ2) is 11.2. The van der Waals surface area contributed by atoms with Crippen molar-refractivity contribution in [1.29, 1.82) is 0 Å². The molecule has 0 bridgehead atoms. The quantitative estimate of drug-likeness (QED) is 0.271. The first-order valence-electron chi connectivity index (χ1n) is 12.9. The smallest absolute Gasteiger partial charge is 0.332 e. The van der Waals surface area contributed by atoms with Gasteiger partial charge in [0.2, 0.25) is 0 Å². The summed E-state index contributed by atoms with van der Waals surface area (Å²) in [5.41, 5.74) is 0.705. The lowest BCUT2D eigenvalue weighted by Gasteiger charge is -2.27. The Kier molecular flexibility index (Phi) is 7.28. The summed E-state index contributed by atoms with van der Waals surface area (Å²) in [4.78, 5) is 37.0. The molecular weight excluding hydrogens is 553 g/mol. The highest BCUT2D eigenvalue weighted by molar-refractivity contribution is 7.21. The number of carbonyl (C=O) groups excluding carboxylic acids is 2. The Balaban J connectivity index is 1.26. The molecule has 11 nitrogen and oxygen atoms in total. The van der Waals surface area contributed by atoms with Crippen LogP contribution in [0.15, 0.2) is 42.7 Å². The van der Waals surface area contributed by atoms with Crippen LogP contribution in [0.25, 0.3) is 10.2 Å². The van der Waals surface area contributed by atoms with E-state index in [0.717, 1.165) is 42.1 Å². The summed E-state index contributed by atoms with van der Waals surface area (Å²) in [6.45, 7) is 1.15. The Morgan fingerprint density at radius 1 is 1.17 bits per heavy atom. The SMILES string of the molecule is COc1ccc(N2C(=O)Nc3c(C(=O)Nc4ccc(OCC5CCCCO5)c(OC)c4)sc4ncnc2c34)c(F)c1. The zero-order valence-corrected chi connectivity index (χ0v) is 23.0. The van der Waals surface area contributed by atoms with Gasteiger partial charge in [-0.15, -0.1) is 11.3 Å². The van der Waals surface area contributed by atoms with Gasteiger partial charge in [0.05, 0.1) is 37.1 Å². The molecule has 2 aliphatic rings. The average molecular weight is 580 g/mol. The minimum absolute atomic E-state index is 0.0180. The minimum atomic E-state index is -0.671. The fraction of sp³-hybridized carbons (Fsp3) is 0.286. The number of methoxy groups -OCH3 is 2. The van der Waals surface area contributed by atoms with Crippen molar-refractivity contribution >= 4 is 56.4 Å². The second-order valence-electron chi connectivity index (χ2n) is 9.39. The van der Waals surface area contributed by atoms with E-state index in [2.05, 4.69) is 20.6 Å². The molecule has 3 amide bonds. The second-order valence-corrected chi connectivity index (χ2v) is 10.4. The number of halogens is 1. The van der Waals surface area contributed by atoms with Gasteiger partial charge in [0.25, 0.3) is 5.91 Å². The van der Waals surface area contributed by atoms with Crippen LogP contribution in [0, 0.1) is 5.82 Å². The number of urea groups is 1. The summed E-state index contributed by atoms with van der Waals surface area (Å²) in [6, 6.07) is 8.56. The molecule has 1 saturated heterocycles. The predicted molar refractivity (Wildman–Crippen MR) is 152 cm³/mol. The minimum Gasteiger partial charge on any atom is -0.497 e. The summed E-state index contributed by atoms with van der Waals surface area (Å²) < 4.78 is 37.1. The van der Waals surface area contributed by atoms with E-state index in [1.807, 2.05) is 0 Å². The molecular formula is C28H26FN5O6S. The van der Waals surface area contributed by atoms with Gasteiger partial charge in [0.1, 0.15) is 28.4 Å². The van der Waals surface area contributed by atoms with Gasteiger partial charge in [-0.1, -0.05) is 0 Å². The highest BCUT2D eigenvalue weighted by Gasteiger charge is 2.35. The number of benzene rings is 2. The van der Waals surface area contributed by atoms with Crippen LogP contribution in [0.1, 0.15) is 28.9 Å². The molecule has 212 valence electrons. The van der Waals surface area contributed by atoms with Crippen molar-refractivity contribution in [3.8, 4) is 17.2 Å². The Morgan fingerprint density at radius 3 is 2.80 bits per heavy atom. The number of ether oxygens (including phenoxy) is 4. The zero-order valence-electron chi connectivity index (χ0n) is 22.2. The third-order valence-electron chi connectivity index (χ3n) is 6.84. The Morgan fingerprint density at radius 2 is 2.05 bits per heavy atom. The van der Waals surface area contributed by atoms with Gasteiger partial charge in [0, 0.05) is 24.4 Å². The van der Waals surface area contributed by atoms with Gasteiger partial charge in [-0.3, -0.25) is 4.79 Å². The fourth-order valence-corrected chi connectivity index (χ4v) is 5.81. The molecule has 2 aromatic heterocycles. The molecule has 0 spiro atoms. The molecule has 0 radical (unpaired) electrons. The molecule has 2 aromatic carbocycles. The van der Waals surface area contributed by atoms with E-state index in [0.29, 0.717) is 39.8 Å². The molecule has 0 saturated carbocycles. The molecule has 0 aliphatic carbocycles. The molecule has 4 aromatic rings. The van der Waals surface area contributed by atoms with Crippen LogP contribution in [-0.4, -0.2) is 55.4 Å². The van der Waals surface area contributed by atoms with Crippen LogP contribution in [0.3, 0.4) is 0 Å². The Hall–Kier alpha value is -4.49. The molecule has 2 aliphatic heterocycles. The van der Waals surface area contributed by atoms with Crippen LogP contribution in [0.4, 0.5) is 32.1 Å². The lowest BCUT2D eigenvalue weighted by atomic mass is 10.1. The standard InChI is InChI=1S/C28H26FN5O6S/c1-37-16-7-8-19(18(29)12-16)34-25-22-23(33-28(34)36)24(41-27(22)31-14-30-25)26(35)32-15-6-9-20(21(11-15)38-2)40-13-17-5-3-4-10-39-17/h6-9,11-12,14,17H,3-5,10,13H2,1-2H3,(H,32,35)(H,33,36). The molecule has 41 heavy (non-hydrogen) atoms. The molecule has 4 heterocycles. The fourth-order valence-electron chi connectivity index (χ4n) is 4.82. The van der Waals surface area contributed by atoms with Crippen LogP contribution < -0.4 is 29.7 Å². The average Bonchev–Trinajstić information content (AvgIpc) is 3.37. The summed E-state index contributed by atoms with van der Waals surface area (Å²) in [5, 5.41) is 6.01. The van der Waals surface area contributed by atoms with E-state index < -0.39 is 17.8 Å². The van der Waals surface area contributed by atoms with Crippen LogP contribution in [0.2, 0.25) is 0 Å². The monoisotopic (exact) mass is 579 g/mol. The van der Waals surface area contributed by atoms with Crippen molar-refractivity contribution in [2.45, 2.75) is 25.4 Å². The highest BCUT2D eigenvalue weighted by atomic mass is 32.1. The van der Waals surface area contributed by atoms with E-state index >= 15 is 0 Å². The zero-order chi connectivity index (χ0) is 28.5. The number of amides is 3. The molecule has 1 fully saturated rings. The van der Waals surface area contributed by atoms with E-state index in [1.165, 1.54) is 32.7 Å². The third-order valence-corrected chi connectivity index (χ3v) is 7.93. The third kappa shape index (κ3) is 5.09. The lowest BCUT2D eigenvalue weighted by Crippen LogP contribution is -2.35. The summed E-state index contributed by atoms with van der Waals surface area (Å²) in [7, 11) is 2.94.